The lowest BCUT2D eigenvalue weighted by molar-refractivity contribution is 0.236. The molecule has 4 nitrogen and oxygen atoms in total. The van der Waals surface area contributed by atoms with Crippen LogP contribution in [0.2, 0.25) is 5.02 Å². The third-order valence-corrected chi connectivity index (χ3v) is 7.49. The van der Waals surface area contributed by atoms with E-state index in [-0.39, 0.29) is 17.4 Å². The number of hydrogen-bond acceptors (Lipinski definition) is 4. The molecule has 0 aliphatic carbocycles. The Labute approximate surface area is 201 Å². The second kappa shape index (κ2) is 11.4. The Kier molecular flexibility index (Phi) is 8.87. The van der Waals surface area contributed by atoms with Crippen LogP contribution in [0.25, 0.3) is 0 Å². The second-order valence-corrected chi connectivity index (χ2v) is 10.4. The molecule has 168 valence electrons. The average Bonchev–Trinajstić information content (AvgIpc) is 2.74. The molecule has 0 saturated carbocycles. The number of aromatic nitrogens is 1. The summed E-state index contributed by atoms with van der Waals surface area (Å²) in [5, 5.41) is 5.13. The van der Waals surface area contributed by atoms with Gasteiger partial charge in [0.1, 0.15) is 5.75 Å². The molecule has 3 atom stereocenters. The number of thioether (sulfide) groups is 1. The van der Waals surface area contributed by atoms with Crippen LogP contribution in [0.1, 0.15) is 52.1 Å². The fourth-order valence-corrected chi connectivity index (χ4v) is 5.95. The van der Waals surface area contributed by atoms with Gasteiger partial charge in [0.05, 0.1) is 17.2 Å². The molecule has 0 radical (unpaired) electrons. The molecular weight excluding hydrogens is 446 g/mol. The van der Waals surface area contributed by atoms with Gasteiger partial charge in [-0.05, 0) is 74.5 Å². The summed E-state index contributed by atoms with van der Waals surface area (Å²) in [6.07, 6.45) is 4.07. The van der Waals surface area contributed by atoms with Gasteiger partial charge in [0, 0.05) is 29.4 Å². The summed E-state index contributed by atoms with van der Waals surface area (Å²) < 4.78 is 6.02. The Bertz CT molecular complexity index is 879. The Hall–Kier alpha value is -1.50. The molecule has 7 heteroatoms. The van der Waals surface area contributed by atoms with Crippen molar-refractivity contribution in [1.82, 2.24) is 9.88 Å². The van der Waals surface area contributed by atoms with Gasteiger partial charge in [0.2, 0.25) is 0 Å². The van der Waals surface area contributed by atoms with Crippen LogP contribution in [-0.2, 0) is 0 Å². The van der Waals surface area contributed by atoms with E-state index < -0.39 is 0 Å². The van der Waals surface area contributed by atoms with E-state index in [4.69, 9.17) is 28.6 Å². The van der Waals surface area contributed by atoms with Gasteiger partial charge >= 0.3 is 0 Å². The van der Waals surface area contributed by atoms with E-state index >= 15 is 0 Å². The number of nitrogens with one attached hydrogen (secondary N) is 1. The number of ether oxygens (including phenoxy) is 1. The summed E-state index contributed by atoms with van der Waals surface area (Å²) >= 11 is 14.0. The number of pyridine rings is 1. The number of hydrogen-bond donors (Lipinski definition) is 1. The van der Waals surface area contributed by atoms with Crippen LogP contribution < -0.4 is 10.1 Å². The van der Waals surface area contributed by atoms with Gasteiger partial charge in [-0.3, -0.25) is 4.98 Å². The highest BCUT2D eigenvalue weighted by Crippen LogP contribution is 2.37. The van der Waals surface area contributed by atoms with Gasteiger partial charge in [0.25, 0.3) is 0 Å². The zero-order chi connectivity index (χ0) is 22.4. The first-order chi connectivity index (χ1) is 14.9. The lowest BCUT2D eigenvalue weighted by Gasteiger charge is -2.41. The maximum Gasteiger partial charge on any atom is 0.174 e. The predicted octanol–water partition coefficient (Wildman–Crippen LogP) is 6.81. The molecule has 1 saturated heterocycles. The first-order valence-corrected chi connectivity index (χ1v) is 12.8. The summed E-state index contributed by atoms with van der Waals surface area (Å²) in [5.41, 5.74) is 1.94. The zero-order valence-corrected chi connectivity index (χ0v) is 21.1. The minimum atomic E-state index is 0.121. The van der Waals surface area contributed by atoms with Crippen molar-refractivity contribution in [3.8, 4) is 5.75 Å². The normalized spacial score (nSPS) is 19.9. The van der Waals surface area contributed by atoms with Crippen molar-refractivity contribution in [2.24, 2.45) is 5.92 Å². The molecule has 0 amide bonds. The van der Waals surface area contributed by atoms with Crippen molar-refractivity contribution in [2.45, 2.75) is 57.9 Å². The lowest BCUT2D eigenvalue weighted by Crippen LogP contribution is -2.48. The highest BCUT2D eigenvalue weighted by Gasteiger charge is 2.32. The number of anilines is 1. The molecule has 1 aromatic carbocycles. The summed E-state index contributed by atoms with van der Waals surface area (Å²) in [5.74, 6) is 2.91. The number of rotatable bonds is 7. The van der Waals surface area contributed by atoms with E-state index in [1.807, 2.05) is 68.2 Å². The van der Waals surface area contributed by atoms with E-state index in [0.29, 0.717) is 10.9 Å². The Morgan fingerprint density at radius 3 is 2.84 bits per heavy atom. The van der Waals surface area contributed by atoms with Crippen LogP contribution in [0.5, 0.6) is 5.75 Å². The van der Waals surface area contributed by atoms with Crippen LogP contribution in [-0.4, -0.2) is 38.8 Å². The molecule has 1 aromatic heterocycles. The van der Waals surface area contributed by atoms with Crippen LogP contribution >= 0.6 is 35.6 Å². The molecule has 0 bridgehead atoms. The van der Waals surface area contributed by atoms with Crippen LogP contribution in [0.3, 0.4) is 0 Å². The molecule has 1 aliphatic heterocycles. The molecule has 1 fully saturated rings. The maximum atomic E-state index is 6.16. The number of halogens is 1. The van der Waals surface area contributed by atoms with Crippen LogP contribution in [0, 0.1) is 5.92 Å². The summed E-state index contributed by atoms with van der Waals surface area (Å²) in [7, 11) is 0. The molecule has 3 unspecified atom stereocenters. The van der Waals surface area contributed by atoms with E-state index in [0.717, 1.165) is 47.4 Å². The van der Waals surface area contributed by atoms with Crippen molar-refractivity contribution in [2.75, 3.05) is 17.6 Å². The quantitative estimate of drug-likeness (QED) is 0.441. The molecule has 2 heterocycles. The SMILES string of the molecule is CCC1CSC(CC(C)c2ncccc2OC(C)C)N(C(=S)Nc2cccc(Cl)c2)C1. The van der Waals surface area contributed by atoms with Gasteiger partial charge in [-0.2, -0.15) is 0 Å². The highest BCUT2D eigenvalue weighted by molar-refractivity contribution is 8.00. The van der Waals surface area contributed by atoms with E-state index in [1.165, 1.54) is 0 Å². The fourth-order valence-electron chi connectivity index (χ4n) is 3.74. The van der Waals surface area contributed by atoms with Gasteiger partial charge in [-0.15, -0.1) is 11.8 Å². The number of benzene rings is 1. The predicted molar refractivity (Wildman–Crippen MR) is 137 cm³/mol. The fraction of sp³-hybridized carbons (Fsp3) is 0.500. The average molecular weight is 478 g/mol. The van der Waals surface area contributed by atoms with Crippen molar-refractivity contribution >= 4 is 46.4 Å². The summed E-state index contributed by atoms with van der Waals surface area (Å²) in [4.78, 5) is 7.01. The third kappa shape index (κ3) is 6.74. The zero-order valence-electron chi connectivity index (χ0n) is 18.7. The third-order valence-electron chi connectivity index (χ3n) is 5.43. The molecule has 31 heavy (non-hydrogen) atoms. The Morgan fingerprint density at radius 2 is 2.13 bits per heavy atom. The number of nitrogens with zero attached hydrogens (tertiary/aromatic N) is 2. The second-order valence-electron chi connectivity index (χ2n) is 8.35. The van der Waals surface area contributed by atoms with E-state index in [9.17, 15) is 0 Å². The van der Waals surface area contributed by atoms with Crippen LogP contribution in [0.15, 0.2) is 42.6 Å². The molecule has 2 aromatic rings. The van der Waals surface area contributed by atoms with Crippen molar-refractivity contribution in [3.63, 3.8) is 0 Å². The smallest absolute Gasteiger partial charge is 0.174 e. The van der Waals surface area contributed by atoms with Crippen molar-refractivity contribution in [1.29, 1.82) is 0 Å². The van der Waals surface area contributed by atoms with Gasteiger partial charge < -0.3 is 15.0 Å². The summed E-state index contributed by atoms with van der Waals surface area (Å²) in [6, 6.07) is 11.7. The Balaban J connectivity index is 1.75. The Morgan fingerprint density at radius 1 is 1.32 bits per heavy atom. The molecular formula is C24H32ClN3OS2. The number of thiocarbonyl (C=S) groups is 1. The largest absolute Gasteiger partial charge is 0.489 e. The first kappa shape index (κ1) is 24.1. The van der Waals surface area contributed by atoms with Gasteiger partial charge in [0.15, 0.2) is 5.11 Å². The molecule has 0 spiro atoms. The lowest BCUT2D eigenvalue weighted by atomic mass is 10.0. The van der Waals surface area contributed by atoms with Crippen molar-refractivity contribution < 1.29 is 4.74 Å². The minimum absolute atomic E-state index is 0.121. The maximum absolute atomic E-state index is 6.16. The molecule has 1 N–H and O–H groups in total. The monoisotopic (exact) mass is 477 g/mol. The van der Waals surface area contributed by atoms with Crippen molar-refractivity contribution in [3.05, 3.63) is 53.3 Å². The molecule has 1 aliphatic rings. The van der Waals surface area contributed by atoms with E-state index in [1.54, 1.807) is 0 Å². The van der Waals surface area contributed by atoms with Gasteiger partial charge in [-0.25, -0.2) is 0 Å². The topological polar surface area (TPSA) is 37.4 Å². The van der Waals surface area contributed by atoms with Gasteiger partial charge in [-0.1, -0.05) is 37.9 Å². The minimum Gasteiger partial charge on any atom is -0.489 e. The standard InChI is InChI=1S/C24H32ClN3OS2/c1-5-18-14-28(24(30)27-20-9-6-8-19(25)13-20)22(31-15-18)12-17(4)23-21(29-16(2)3)10-7-11-26-23/h6-11,13,16-18,22H,5,12,14-15H2,1-4H3,(H,27,30). The van der Waals surface area contributed by atoms with E-state index in [2.05, 4.69) is 29.0 Å². The first-order valence-electron chi connectivity index (χ1n) is 10.9. The molecule has 3 rings (SSSR count). The van der Waals surface area contributed by atoms with Crippen LogP contribution in [0.4, 0.5) is 5.69 Å². The highest BCUT2D eigenvalue weighted by atomic mass is 35.5. The summed E-state index contributed by atoms with van der Waals surface area (Å²) in [6.45, 7) is 9.54.